The smallest absolute Gasteiger partial charge is 0.332 e. The van der Waals surface area contributed by atoms with Crippen molar-refractivity contribution in [1.29, 1.82) is 0 Å². The highest BCUT2D eigenvalue weighted by atomic mass is 16.7. The normalized spacial score (nSPS) is 10.8. The third kappa shape index (κ3) is 4.25. The number of rotatable bonds is 6. The standard InChI is InChI=1S/C23H26N2O3/c1-4-5-13-22(26)28-24-23(27)21-14-18-11-6-7-12-20(18)25(21)15-19-16(2)9-8-10-17(19)3/h6-12,14H,4-5,13,15H2,1-3H3,(H,24,27). The molecule has 3 rings (SSSR count). The Bertz CT molecular complexity index is 984. The van der Waals surface area contributed by atoms with Gasteiger partial charge in [0, 0.05) is 23.9 Å². The molecule has 1 amide bonds. The highest BCUT2D eigenvalue weighted by Crippen LogP contribution is 2.24. The summed E-state index contributed by atoms with van der Waals surface area (Å²) in [6, 6.07) is 15.9. The van der Waals surface area contributed by atoms with E-state index in [9.17, 15) is 9.59 Å². The van der Waals surface area contributed by atoms with Crippen LogP contribution in [0.3, 0.4) is 0 Å². The number of aryl methyl sites for hydroxylation is 2. The van der Waals surface area contributed by atoms with E-state index in [0.717, 1.165) is 23.7 Å². The fourth-order valence-electron chi connectivity index (χ4n) is 3.35. The largest absolute Gasteiger partial charge is 0.340 e. The number of benzene rings is 2. The summed E-state index contributed by atoms with van der Waals surface area (Å²) in [7, 11) is 0. The zero-order valence-corrected chi connectivity index (χ0v) is 16.6. The van der Waals surface area contributed by atoms with Gasteiger partial charge in [0.05, 0.1) is 0 Å². The van der Waals surface area contributed by atoms with E-state index in [1.54, 1.807) is 0 Å². The molecule has 1 heterocycles. The number of unbranched alkanes of at least 4 members (excludes halogenated alkanes) is 1. The number of hydroxylamine groups is 1. The zero-order valence-electron chi connectivity index (χ0n) is 16.6. The Labute approximate surface area is 165 Å². The minimum absolute atomic E-state index is 0.294. The average molecular weight is 378 g/mol. The van der Waals surface area contributed by atoms with Crippen LogP contribution in [-0.4, -0.2) is 16.4 Å². The molecule has 0 fully saturated rings. The number of carbonyl (C=O) groups is 2. The highest BCUT2D eigenvalue weighted by Gasteiger charge is 2.18. The highest BCUT2D eigenvalue weighted by molar-refractivity contribution is 5.98. The van der Waals surface area contributed by atoms with Crippen LogP contribution in [0.1, 0.15) is 53.4 Å². The molecule has 0 spiro atoms. The number of amides is 1. The van der Waals surface area contributed by atoms with E-state index in [0.29, 0.717) is 18.7 Å². The first kappa shape index (κ1) is 19.7. The molecule has 0 saturated carbocycles. The van der Waals surface area contributed by atoms with Crippen molar-refractivity contribution >= 4 is 22.8 Å². The second-order valence-corrected chi connectivity index (χ2v) is 7.05. The minimum atomic E-state index is -0.424. The maximum Gasteiger partial charge on any atom is 0.332 e. The van der Waals surface area contributed by atoms with Crippen LogP contribution in [0.4, 0.5) is 0 Å². The first-order valence-corrected chi connectivity index (χ1v) is 9.64. The van der Waals surface area contributed by atoms with Crippen LogP contribution < -0.4 is 5.48 Å². The fraction of sp³-hybridized carbons (Fsp3) is 0.304. The molecule has 0 saturated heterocycles. The van der Waals surface area contributed by atoms with Crippen LogP contribution in [0.5, 0.6) is 0 Å². The summed E-state index contributed by atoms with van der Waals surface area (Å²) in [5.41, 5.74) is 7.28. The lowest BCUT2D eigenvalue weighted by Crippen LogP contribution is -2.29. The molecule has 2 aromatic carbocycles. The van der Waals surface area contributed by atoms with E-state index in [4.69, 9.17) is 4.84 Å². The Morgan fingerprint density at radius 3 is 2.46 bits per heavy atom. The summed E-state index contributed by atoms with van der Waals surface area (Å²) >= 11 is 0. The maximum absolute atomic E-state index is 12.8. The Morgan fingerprint density at radius 1 is 1.04 bits per heavy atom. The van der Waals surface area contributed by atoms with E-state index in [2.05, 4.69) is 31.5 Å². The summed E-state index contributed by atoms with van der Waals surface area (Å²) < 4.78 is 1.97. The monoisotopic (exact) mass is 378 g/mol. The number of fused-ring (bicyclic) bond motifs is 1. The number of hydrogen-bond acceptors (Lipinski definition) is 3. The molecule has 0 aliphatic rings. The topological polar surface area (TPSA) is 60.3 Å². The van der Waals surface area contributed by atoms with Crippen molar-refractivity contribution in [3.05, 3.63) is 70.9 Å². The predicted octanol–water partition coefficient (Wildman–Crippen LogP) is 4.68. The molecule has 3 aromatic rings. The molecule has 5 heteroatoms. The van der Waals surface area contributed by atoms with Crippen LogP contribution >= 0.6 is 0 Å². The second kappa shape index (κ2) is 8.74. The molecule has 1 aromatic heterocycles. The minimum Gasteiger partial charge on any atom is -0.340 e. The SMILES string of the molecule is CCCCC(=O)ONC(=O)c1cc2ccccc2n1Cc1c(C)cccc1C. The molecule has 146 valence electrons. The molecule has 28 heavy (non-hydrogen) atoms. The molecule has 0 radical (unpaired) electrons. The van der Waals surface area contributed by atoms with Gasteiger partial charge in [-0.15, -0.1) is 0 Å². The average Bonchev–Trinajstić information content (AvgIpc) is 3.06. The van der Waals surface area contributed by atoms with Crippen LogP contribution in [0, 0.1) is 13.8 Å². The van der Waals surface area contributed by atoms with Gasteiger partial charge in [0.15, 0.2) is 0 Å². The molecule has 0 aliphatic carbocycles. The van der Waals surface area contributed by atoms with Gasteiger partial charge in [0.2, 0.25) is 0 Å². The number of para-hydroxylation sites is 1. The Kier molecular flexibility index (Phi) is 6.14. The van der Waals surface area contributed by atoms with Crippen molar-refractivity contribution in [1.82, 2.24) is 10.0 Å². The van der Waals surface area contributed by atoms with Crippen molar-refractivity contribution in [2.75, 3.05) is 0 Å². The van der Waals surface area contributed by atoms with Gasteiger partial charge in [-0.05, 0) is 49.1 Å². The van der Waals surface area contributed by atoms with E-state index in [1.807, 2.05) is 47.9 Å². The quantitative estimate of drug-likeness (QED) is 0.633. The third-order valence-corrected chi connectivity index (χ3v) is 5.00. The number of carbonyl (C=O) groups excluding carboxylic acids is 2. The number of nitrogens with one attached hydrogen (secondary N) is 1. The lowest BCUT2D eigenvalue weighted by molar-refractivity contribution is -0.149. The summed E-state index contributed by atoms with van der Waals surface area (Å²) in [5.74, 6) is -0.847. The van der Waals surface area contributed by atoms with Crippen LogP contribution in [0.15, 0.2) is 48.5 Å². The molecule has 0 atom stereocenters. The van der Waals surface area contributed by atoms with Gasteiger partial charge in [0.25, 0.3) is 0 Å². The van der Waals surface area contributed by atoms with Crippen molar-refractivity contribution in [3.8, 4) is 0 Å². The lowest BCUT2D eigenvalue weighted by atomic mass is 10.0. The summed E-state index contributed by atoms with van der Waals surface area (Å²) in [6.07, 6.45) is 1.93. The number of aromatic nitrogens is 1. The Morgan fingerprint density at radius 2 is 1.75 bits per heavy atom. The van der Waals surface area contributed by atoms with Gasteiger partial charge in [-0.3, -0.25) is 4.79 Å². The number of hydrogen-bond donors (Lipinski definition) is 1. The third-order valence-electron chi connectivity index (χ3n) is 5.00. The zero-order chi connectivity index (χ0) is 20.1. The summed E-state index contributed by atoms with van der Waals surface area (Å²) in [5, 5.41) is 0.969. The lowest BCUT2D eigenvalue weighted by Gasteiger charge is -2.15. The Balaban J connectivity index is 1.91. The second-order valence-electron chi connectivity index (χ2n) is 7.05. The first-order valence-electron chi connectivity index (χ1n) is 9.64. The van der Waals surface area contributed by atoms with Crippen LogP contribution in [0.25, 0.3) is 10.9 Å². The van der Waals surface area contributed by atoms with Crippen molar-refractivity contribution < 1.29 is 14.4 Å². The van der Waals surface area contributed by atoms with E-state index in [-0.39, 0.29) is 0 Å². The predicted molar refractivity (Wildman–Crippen MR) is 110 cm³/mol. The van der Waals surface area contributed by atoms with E-state index >= 15 is 0 Å². The molecule has 1 N–H and O–H groups in total. The summed E-state index contributed by atoms with van der Waals surface area (Å²) in [6.45, 7) is 6.71. The van der Waals surface area contributed by atoms with Gasteiger partial charge in [-0.1, -0.05) is 49.7 Å². The van der Waals surface area contributed by atoms with Gasteiger partial charge in [0.1, 0.15) is 5.69 Å². The van der Waals surface area contributed by atoms with Crippen molar-refractivity contribution in [2.24, 2.45) is 0 Å². The maximum atomic E-state index is 12.8. The van der Waals surface area contributed by atoms with Crippen LogP contribution in [0.2, 0.25) is 0 Å². The van der Waals surface area contributed by atoms with Gasteiger partial charge in [-0.25, -0.2) is 4.79 Å². The first-order chi connectivity index (χ1) is 13.5. The fourth-order valence-corrected chi connectivity index (χ4v) is 3.35. The van der Waals surface area contributed by atoms with Gasteiger partial charge < -0.3 is 9.40 Å². The molecule has 0 unspecified atom stereocenters. The van der Waals surface area contributed by atoms with Gasteiger partial charge >= 0.3 is 11.9 Å². The van der Waals surface area contributed by atoms with Crippen molar-refractivity contribution in [2.45, 2.75) is 46.6 Å². The molecule has 5 nitrogen and oxygen atoms in total. The van der Waals surface area contributed by atoms with E-state index < -0.39 is 11.9 Å². The number of nitrogens with zero attached hydrogens (tertiary/aromatic N) is 1. The van der Waals surface area contributed by atoms with Gasteiger partial charge in [-0.2, -0.15) is 5.48 Å². The Hall–Kier alpha value is -3.08. The molecule has 0 bridgehead atoms. The molecule has 0 aliphatic heterocycles. The summed E-state index contributed by atoms with van der Waals surface area (Å²) in [4.78, 5) is 29.5. The van der Waals surface area contributed by atoms with E-state index in [1.165, 1.54) is 16.7 Å². The molecular formula is C23H26N2O3. The van der Waals surface area contributed by atoms with Crippen LogP contribution in [-0.2, 0) is 16.2 Å². The van der Waals surface area contributed by atoms with Crippen molar-refractivity contribution in [3.63, 3.8) is 0 Å². The molecular weight excluding hydrogens is 352 g/mol.